The zero-order valence-electron chi connectivity index (χ0n) is 11.0. The number of rotatable bonds is 8. The third-order valence-corrected chi connectivity index (χ3v) is 2.40. The van der Waals surface area contributed by atoms with Crippen molar-refractivity contribution in [2.24, 2.45) is 0 Å². The van der Waals surface area contributed by atoms with Gasteiger partial charge in [-0.1, -0.05) is 0 Å². The van der Waals surface area contributed by atoms with Gasteiger partial charge in [-0.3, -0.25) is 9.59 Å². The maximum Gasteiger partial charge on any atom is 0.322 e. The molecule has 7 heteroatoms. The molecule has 0 atom stereocenters. The molecule has 0 spiro atoms. The fourth-order valence-electron chi connectivity index (χ4n) is 1.41. The highest BCUT2D eigenvalue weighted by atomic mass is 19.1. The largest absolute Gasteiger partial charge is 0.480 e. The molecule has 0 aliphatic heterocycles. The van der Waals surface area contributed by atoms with Crippen molar-refractivity contribution in [1.82, 2.24) is 5.32 Å². The Bertz CT molecular complexity index is 478. The van der Waals surface area contributed by atoms with Crippen molar-refractivity contribution in [3.05, 3.63) is 35.1 Å². The number of methoxy groups -OCH3 is 1. The Hall–Kier alpha value is -1.99. The Morgan fingerprint density at radius 3 is 2.75 bits per heavy atom. The van der Waals surface area contributed by atoms with Crippen LogP contribution in [-0.4, -0.2) is 43.9 Å². The number of nitrogens with one attached hydrogen (secondary N) is 1. The van der Waals surface area contributed by atoms with Crippen LogP contribution in [0.5, 0.6) is 0 Å². The number of carboxylic acid groups (broad SMARTS) is 1. The number of carbonyl (C=O) groups is 2. The molecule has 20 heavy (non-hydrogen) atoms. The summed E-state index contributed by atoms with van der Waals surface area (Å²) >= 11 is 0. The molecule has 0 unspecified atom stereocenters. The topological polar surface area (TPSA) is 84.9 Å². The van der Waals surface area contributed by atoms with Gasteiger partial charge in [0.25, 0.3) is 5.91 Å². The van der Waals surface area contributed by atoms with Crippen molar-refractivity contribution in [3.8, 4) is 0 Å². The Morgan fingerprint density at radius 2 is 2.10 bits per heavy atom. The van der Waals surface area contributed by atoms with E-state index in [0.717, 1.165) is 6.07 Å². The van der Waals surface area contributed by atoms with E-state index in [2.05, 4.69) is 5.32 Å². The van der Waals surface area contributed by atoms with Crippen molar-refractivity contribution in [1.29, 1.82) is 0 Å². The summed E-state index contributed by atoms with van der Waals surface area (Å²) in [5.41, 5.74) is 0.405. The van der Waals surface area contributed by atoms with Crippen LogP contribution in [-0.2, 0) is 20.9 Å². The monoisotopic (exact) mass is 285 g/mol. The molecular formula is C13H16FNO5. The molecule has 1 rings (SSSR count). The molecule has 0 aliphatic rings. The molecule has 0 aliphatic carbocycles. The third kappa shape index (κ3) is 5.33. The Balaban J connectivity index is 2.65. The minimum absolute atomic E-state index is 0.00917. The second-order valence-electron chi connectivity index (χ2n) is 3.93. The van der Waals surface area contributed by atoms with Gasteiger partial charge in [0, 0.05) is 18.2 Å². The lowest BCUT2D eigenvalue weighted by atomic mass is 10.1. The standard InChI is InChI=1S/C13H16FNO5/c1-19-4-5-20-8-10-6-9(2-3-11(10)14)13(18)15-7-12(16)17/h2-3,6H,4-5,7-8H2,1H3,(H,15,18)(H,16,17). The van der Waals surface area contributed by atoms with Gasteiger partial charge in [-0.05, 0) is 18.2 Å². The first-order chi connectivity index (χ1) is 9.54. The molecule has 0 saturated heterocycles. The summed E-state index contributed by atoms with van der Waals surface area (Å²) in [7, 11) is 1.53. The van der Waals surface area contributed by atoms with Crippen LogP contribution in [0.4, 0.5) is 4.39 Å². The Labute approximate surface area is 115 Å². The fraction of sp³-hybridized carbons (Fsp3) is 0.385. The summed E-state index contributed by atoms with van der Waals surface area (Å²) in [6, 6.07) is 3.76. The number of halogens is 1. The van der Waals surface area contributed by atoms with E-state index in [9.17, 15) is 14.0 Å². The van der Waals surface area contributed by atoms with Crippen molar-refractivity contribution in [2.45, 2.75) is 6.61 Å². The van der Waals surface area contributed by atoms with Gasteiger partial charge in [-0.15, -0.1) is 0 Å². The molecule has 0 heterocycles. The van der Waals surface area contributed by atoms with Gasteiger partial charge in [0.15, 0.2) is 0 Å². The second-order valence-corrected chi connectivity index (χ2v) is 3.93. The fourth-order valence-corrected chi connectivity index (χ4v) is 1.41. The van der Waals surface area contributed by atoms with E-state index < -0.39 is 24.2 Å². The van der Waals surface area contributed by atoms with Crippen LogP contribution in [0.25, 0.3) is 0 Å². The van der Waals surface area contributed by atoms with Crippen molar-refractivity contribution >= 4 is 11.9 Å². The van der Waals surface area contributed by atoms with Crippen LogP contribution < -0.4 is 5.32 Å². The molecule has 0 fully saturated rings. The molecule has 1 amide bonds. The van der Waals surface area contributed by atoms with Crippen LogP contribution in [0, 0.1) is 5.82 Å². The lowest BCUT2D eigenvalue weighted by Crippen LogP contribution is -2.29. The zero-order chi connectivity index (χ0) is 15.0. The smallest absolute Gasteiger partial charge is 0.322 e. The van der Waals surface area contributed by atoms with Crippen LogP contribution in [0.15, 0.2) is 18.2 Å². The van der Waals surface area contributed by atoms with Gasteiger partial charge in [-0.2, -0.15) is 0 Å². The summed E-state index contributed by atoms with van der Waals surface area (Å²) in [5.74, 6) is -2.22. The van der Waals surface area contributed by atoms with E-state index in [1.54, 1.807) is 0 Å². The van der Waals surface area contributed by atoms with Crippen LogP contribution in [0.1, 0.15) is 15.9 Å². The molecule has 0 bridgehead atoms. The molecule has 2 N–H and O–H groups in total. The zero-order valence-corrected chi connectivity index (χ0v) is 11.0. The van der Waals surface area contributed by atoms with Crippen molar-refractivity contribution < 1.29 is 28.6 Å². The first-order valence-electron chi connectivity index (χ1n) is 5.89. The van der Waals surface area contributed by atoms with E-state index in [1.807, 2.05) is 0 Å². The number of aliphatic carboxylic acids is 1. The van der Waals surface area contributed by atoms with Gasteiger partial charge >= 0.3 is 5.97 Å². The Morgan fingerprint density at radius 1 is 1.35 bits per heavy atom. The number of carboxylic acids is 1. The summed E-state index contributed by atoms with van der Waals surface area (Å²) in [6.07, 6.45) is 0. The van der Waals surface area contributed by atoms with Gasteiger partial charge in [0.2, 0.25) is 0 Å². The summed E-state index contributed by atoms with van der Waals surface area (Å²) in [6.45, 7) is 0.219. The lowest BCUT2D eigenvalue weighted by molar-refractivity contribution is -0.135. The second kappa shape index (κ2) is 8.23. The quantitative estimate of drug-likeness (QED) is 0.690. The highest BCUT2D eigenvalue weighted by Crippen LogP contribution is 2.12. The average Bonchev–Trinajstić information content (AvgIpc) is 2.42. The van der Waals surface area contributed by atoms with Crippen LogP contribution in [0.2, 0.25) is 0 Å². The van der Waals surface area contributed by atoms with Crippen LogP contribution in [0.3, 0.4) is 0 Å². The van der Waals surface area contributed by atoms with Crippen molar-refractivity contribution in [3.63, 3.8) is 0 Å². The molecule has 1 aromatic rings. The van der Waals surface area contributed by atoms with E-state index in [-0.39, 0.29) is 17.7 Å². The van der Waals surface area contributed by atoms with Gasteiger partial charge < -0.3 is 19.9 Å². The minimum atomic E-state index is -1.15. The molecular weight excluding hydrogens is 269 g/mol. The predicted octanol–water partition coefficient (Wildman–Crippen LogP) is 0.803. The minimum Gasteiger partial charge on any atom is -0.480 e. The molecule has 0 aromatic heterocycles. The van der Waals surface area contributed by atoms with Crippen LogP contribution >= 0.6 is 0 Å². The average molecular weight is 285 g/mol. The number of carbonyl (C=O) groups excluding carboxylic acids is 1. The summed E-state index contributed by atoms with van der Waals surface area (Å²) in [4.78, 5) is 22.0. The van der Waals surface area contributed by atoms with E-state index >= 15 is 0 Å². The maximum atomic E-state index is 13.5. The number of hydrogen-bond donors (Lipinski definition) is 2. The molecule has 6 nitrogen and oxygen atoms in total. The normalized spacial score (nSPS) is 10.3. The number of ether oxygens (including phenoxy) is 2. The van der Waals surface area contributed by atoms with Crippen molar-refractivity contribution in [2.75, 3.05) is 26.9 Å². The highest BCUT2D eigenvalue weighted by Gasteiger charge is 2.10. The lowest BCUT2D eigenvalue weighted by Gasteiger charge is -2.08. The first-order valence-corrected chi connectivity index (χ1v) is 5.89. The number of hydrogen-bond acceptors (Lipinski definition) is 4. The molecule has 0 radical (unpaired) electrons. The third-order valence-electron chi connectivity index (χ3n) is 2.40. The summed E-state index contributed by atoms with van der Waals surface area (Å²) in [5, 5.41) is 10.7. The molecule has 1 aromatic carbocycles. The highest BCUT2D eigenvalue weighted by molar-refractivity contribution is 5.95. The van der Waals surface area contributed by atoms with E-state index in [0.29, 0.717) is 13.2 Å². The van der Waals surface area contributed by atoms with Gasteiger partial charge in [0.1, 0.15) is 12.4 Å². The van der Waals surface area contributed by atoms with Gasteiger partial charge in [0.05, 0.1) is 19.8 Å². The van der Waals surface area contributed by atoms with Gasteiger partial charge in [-0.25, -0.2) is 4.39 Å². The molecule has 0 saturated carbocycles. The SMILES string of the molecule is COCCOCc1cc(C(=O)NCC(=O)O)ccc1F. The van der Waals surface area contributed by atoms with E-state index in [1.165, 1.54) is 19.2 Å². The number of benzene rings is 1. The number of amides is 1. The Kier molecular flexibility index (Phi) is 6.61. The first kappa shape index (κ1) is 16.1. The maximum absolute atomic E-state index is 13.5. The van der Waals surface area contributed by atoms with E-state index in [4.69, 9.17) is 14.6 Å². The molecule has 110 valence electrons. The predicted molar refractivity (Wildman–Crippen MR) is 67.9 cm³/mol. The summed E-state index contributed by atoms with van der Waals surface area (Å²) < 4.78 is 23.5.